The van der Waals surface area contributed by atoms with E-state index in [2.05, 4.69) is 17.4 Å². The summed E-state index contributed by atoms with van der Waals surface area (Å²) in [6, 6.07) is 4.22. The number of likely N-dealkylation sites (tertiary alicyclic amines) is 1. The maximum Gasteiger partial charge on any atom is 0.305 e. The number of pyridine rings is 1. The number of aryl methyl sites for hydroxylation is 2. The summed E-state index contributed by atoms with van der Waals surface area (Å²) in [7, 11) is 0. The monoisotopic (exact) mass is 415 g/mol. The molecule has 3 heterocycles. The van der Waals surface area contributed by atoms with E-state index < -0.39 is 0 Å². The van der Waals surface area contributed by atoms with Crippen LogP contribution in [-0.2, 0) is 27.2 Å². The van der Waals surface area contributed by atoms with Crippen molar-refractivity contribution in [3.05, 3.63) is 23.4 Å². The van der Waals surface area contributed by atoms with E-state index in [9.17, 15) is 9.59 Å². The van der Waals surface area contributed by atoms with Crippen molar-refractivity contribution >= 4 is 17.7 Å². The summed E-state index contributed by atoms with van der Waals surface area (Å²) >= 11 is 0. The Hall–Kier alpha value is -2.11. The number of fused-ring (bicyclic) bond motifs is 1. The number of rotatable bonds is 9. The van der Waals surface area contributed by atoms with Gasteiger partial charge >= 0.3 is 5.97 Å². The Morgan fingerprint density at radius 1 is 1.23 bits per heavy atom. The second-order valence-corrected chi connectivity index (χ2v) is 9.13. The van der Waals surface area contributed by atoms with Gasteiger partial charge in [-0.3, -0.25) is 9.59 Å². The number of anilines is 1. The van der Waals surface area contributed by atoms with Crippen molar-refractivity contribution in [2.45, 2.75) is 71.6 Å². The predicted octanol–water partition coefficient (Wildman–Crippen LogP) is 3.98. The third kappa shape index (κ3) is 6.99. The van der Waals surface area contributed by atoms with Crippen LogP contribution in [0.15, 0.2) is 12.1 Å². The van der Waals surface area contributed by atoms with Crippen molar-refractivity contribution in [3.8, 4) is 0 Å². The summed E-state index contributed by atoms with van der Waals surface area (Å²) in [5.74, 6) is 2.15. The minimum atomic E-state index is -0.0812. The molecular formula is C24H37N3O3. The normalized spacial score (nSPS) is 16.8. The third-order valence-corrected chi connectivity index (χ3v) is 6.08. The first-order valence-corrected chi connectivity index (χ1v) is 11.7. The maximum absolute atomic E-state index is 12.6. The van der Waals surface area contributed by atoms with E-state index in [4.69, 9.17) is 9.72 Å². The van der Waals surface area contributed by atoms with Crippen molar-refractivity contribution in [1.29, 1.82) is 0 Å². The van der Waals surface area contributed by atoms with Crippen LogP contribution < -0.4 is 5.32 Å². The predicted molar refractivity (Wildman–Crippen MR) is 118 cm³/mol. The zero-order chi connectivity index (χ0) is 21.3. The number of carbonyl (C=O) groups is 2. The van der Waals surface area contributed by atoms with Gasteiger partial charge in [-0.1, -0.05) is 19.9 Å². The zero-order valence-electron chi connectivity index (χ0n) is 18.6. The summed E-state index contributed by atoms with van der Waals surface area (Å²) in [6.07, 6.45) is 7.98. The fourth-order valence-corrected chi connectivity index (χ4v) is 4.24. The van der Waals surface area contributed by atoms with Gasteiger partial charge in [0.1, 0.15) is 5.82 Å². The van der Waals surface area contributed by atoms with E-state index in [1.807, 2.05) is 18.7 Å². The number of nitrogens with zero attached hydrogens (tertiary/aromatic N) is 2. The number of piperidine rings is 1. The molecule has 166 valence electrons. The van der Waals surface area contributed by atoms with Gasteiger partial charge in [0.25, 0.3) is 0 Å². The topological polar surface area (TPSA) is 71.5 Å². The minimum absolute atomic E-state index is 0.0812. The number of amides is 1. The quantitative estimate of drug-likeness (QED) is 0.618. The van der Waals surface area contributed by atoms with Crippen molar-refractivity contribution in [2.24, 2.45) is 11.8 Å². The van der Waals surface area contributed by atoms with Crippen molar-refractivity contribution in [1.82, 2.24) is 9.88 Å². The number of aromatic nitrogens is 1. The van der Waals surface area contributed by atoms with Crippen LogP contribution >= 0.6 is 0 Å². The summed E-state index contributed by atoms with van der Waals surface area (Å²) in [4.78, 5) is 31.0. The number of hydrogen-bond acceptors (Lipinski definition) is 5. The van der Waals surface area contributed by atoms with Crippen LogP contribution in [0.4, 0.5) is 5.82 Å². The van der Waals surface area contributed by atoms with E-state index in [1.54, 1.807) is 0 Å². The Bertz CT molecular complexity index is 712. The molecule has 1 aromatic heterocycles. The van der Waals surface area contributed by atoms with E-state index in [1.165, 1.54) is 5.56 Å². The number of hydrogen-bond donors (Lipinski definition) is 1. The zero-order valence-corrected chi connectivity index (χ0v) is 18.6. The smallest absolute Gasteiger partial charge is 0.305 e. The maximum atomic E-state index is 12.6. The minimum Gasteiger partial charge on any atom is -0.465 e. The number of esters is 1. The molecule has 1 saturated heterocycles. The molecule has 2 aliphatic heterocycles. The second kappa shape index (κ2) is 11.3. The average Bonchev–Trinajstić information content (AvgIpc) is 2.76. The second-order valence-electron chi connectivity index (χ2n) is 9.13. The molecular weight excluding hydrogens is 378 g/mol. The molecule has 0 aliphatic carbocycles. The van der Waals surface area contributed by atoms with Crippen LogP contribution in [0.3, 0.4) is 0 Å². The van der Waals surface area contributed by atoms with Crippen molar-refractivity contribution in [2.75, 3.05) is 31.6 Å². The highest BCUT2D eigenvalue weighted by atomic mass is 16.5. The van der Waals surface area contributed by atoms with Crippen LogP contribution in [0.2, 0.25) is 0 Å². The SMILES string of the molecule is CC(C)COC(=O)CCCC1CCN(C(=O)CCc2ccc3c(n2)NCCC3)CC1. The van der Waals surface area contributed by atoms with E-state index in [0.29, 0.717) is 37.7 Å². The molecule has 0 bridgehead atoms. The molecule has 1 N–H and O–H groups in total. The van der Waals surface area contributed by atoms with Crippen LogP contribution in [-0.4, -0.2) is 48.0 Å². The molecule has 0 spiro atoms. The molecule has 2 aliphatic rings. The summed E-state index contributed by atoms with van der Waals surface area (Å²) in [5.41, 5.74) is 2.28. The Morgan fingerprint density at radius 2 is 2.03 bits per heavy atom. The number of ether oxygens (including phenoxy) is 1. The lowest BCUT2D eigenvalue weighted by Crippen LogP contribution is -2.38. The van der Waals surface area contributed by atoms with Gasteiger partial charge in [-0.25, -0.2) is 4.98 Å². The Morgan fingerprint density at radius 3 is 2.80 bits per heavy atom. The lowest BCUT2D eigenvalue weighted by molar-refractivity contribution is -0.144. The Kier molecular flexibility index (Phi) is 8.52. The Labute approximate surface area is 180 Å². The summed E-state index contributed by atoms with van der Waals surface area (Å²) < 4.78 is 5.23. The molecule has 30 heavy (non-hydrogen) atoms. The summed E-state index contributed by atoms with van der Waals surface area (Å²) in [5, 5.41) is 3.36. The lowest BCUT2D eigenvalue weighted by atomic mass is 9.91. The molecule has 3 rings (SSSR count). The molecule has 1 fully saturated rings. The first kappa shape index (κ1) is 22.6. The van der Waals surface area contributed by atoms with Crippen LogP contribution in [0, 0.1) is 11.8 Å². The molecule has 0 atom stereocenters. The van der Waals surface area contributed by atoms with Gasteiger partial charge < -0.3 is 15.0 Å². The van der Waals surface area contributed by atoms with Crippen LogP contribution in [0.25, 0.3) is 0 Å². The molecule has 1 aromatic rings. The highest BCUT2D eigenvalue weighted by Crippen LogP contribution is 2.24. The fourth-order valence-electron chi connectivity index (χ4n) is 4.24. The molecule has 0 unspecified atom stereocenters. The molecule has 0 saturated carbocycles. The van der Waals surface area contributed by atoms with E-state index in [0.717, 1.165) is 69.7 Å². The van der Waals surface area contributed by atoms with Crippen molar-refractivity contribution in [3.63, 3.8) is 0 Å². The lowest BCUT2D eigenvalue weighted by Gasteiger charge is -2.32. The number of carbonyl (C=O) groups excluding carboxylic acids is 2. The highest BCUT2D eigenvalue weighted by Gasteiger charge is 2.23. The standard InChI is InChI=1S/C24H37N3O3/c1-18(2)17-30-23(29)7-3-5-19-12-15-27(16-13-19)22(28)11-10-21-9-8-20-6-4-14-25-24(20)26-21/h8-9,18-19H,3-7,10-17H2,1-2H3,(H,25,26). The van der Waals surface area contributed by atoms with Gasteiger partial charge in [0, 0.05) is 38.2 Å². The summed E-state index contributed by atoms with van der Waals surface area (Å²) in [6.45, 7) is 7.25. The fraction of sp³-hybridized carbons (Fsp3) is 0.708. The molecule has 0 radical (unpaired) electrons. The third-order valence-electron chi connectivity index (χ3n) is 6.08. The van der Waals surface area contributed by atoms with E-state index >= 15 is 0 Å². The molecule has 1 amide bonds. The van der Waals surface area contributed by atoms with Gasteiger partial charge in [0.05, 0.1) is 6.61 Å². The van der Waals surface area contributed by atoms with Gasteiger partial charge in [0.2, 0.25) is 5.91 Å². The largest absolute Gasteiger partial charge is 0.465 e. The number of nitrogens with one attached hydrogen (secondary N) is 1. The first-order chi connectivity index (χ1) is 14.5. The van der Waals surface area contributed by atoms with E-state index in [-0.39, 0.29) is 11.9 Å². The van der Waals surface area contributed by atoms with Crippen molar-refractivity contribution < 1.29 is 14.3 Å². The Balaban J connectivity index is 1.32. The van der Waals surface area contributed by atoms with Crippen LogP contribution in [0.5, 0.6) is 0 Å². The molecule has 6 heteroatoms. The van der Waals surface area contributed by atoms with Gasteiger partial charge in [-0.2, -0.15) is 0 Å². The average molecular weight is 416 g/mol. The molecule has 6 nitrogen and oxygen atoms in total. The van der Waals surface area contributed by atoms with Gasteiger partial charge in [-0.05, 0) is 68.4 Å². The molecule has 0 aromatic carbocycles. The van der Waals surface area contributed by atoms with Gasteiger partial charge in [-0.15, -0.1) is 0 Å². The first-order valence-electron chi connectivity index (χ1n) is 11.7. The van der Waals surface area contributed by atoms with Crippen LogP contribution in [0.1, 0.15) is 70.1 Å². The highest BCUT2D eigenvalue weighted by molar-refractivity contribution is 5.76. The van der Waals surface area contributed by atoms with Gasteiger partial charge in [0.15, 0.2) is 0 Å².